The van der Waals surface area contributed by atoms with E-state index in [1.807, 2.05) is 0 Å². The topological polar surface area (TPSA) is 24.5 Å². The van der Waals surface area contributed by atoms with Gasteiger partial charge in [-0.05, 0) is 26.7 Å². The zero-order valence-electron chi connectivity index (χ0n) is 12.6. The van der Waals surface area contributed by atoms with Crippen molar-refractivity contribution in [2.45, 2.75) is 65.0 Å². The fraction of sp³-hybridized carbons (Fsp3) is 1.00. The Bertz CT molecular complexity index is 199. The van der Waals surface area contributed by atoms with Gasteiger partial charge in [0, 0.05) is 38.8 Å². The number of nitrogens with one attached hydrogen (secondary N) is 1. The van der Waals surface area contributed by atoms with Gasteiger partial charge in [0.25, 0.3) is 0 Å². The Morgan fingerprint density at radius 2 is 2.22 bits per heavy atom. The van der Waals surface area contributed by atoms with Crippen molar-refractivity contribution in [2.75, 3.05) is 32.8 Å². The van der Waals surface area contributed by atoms with Gasteiger partial charge in [0.2, 0.25) is 0 Å². The van der Waals surface area contributed by atoms with Crippen molar-refractivity contribution < 1.29 is 4.74 Å². The lowest BCUT2D eigenvalue weighted by Gasteiger charge is -2.23. The van der Waals surface area contributed by atoms with E-state index in [4.69, 9.17) is 4.74 Å². The molecule has 0 saturated carbocycles. The summed E-state index contributed by atoms with van der Waals surface area (Å²) >= 11 is 0. The largest absolute Gasteiger partial charge is 0.377 e. The Labute approximate surface area is 113 Å². The van der Waals surface area contributed by atoms with Crippen molar-refractivity contribution >= 4 is 0 Å². The Balaban J connectivity index is 2.05. The summed E-state index contributed by atoms with van der Waals surface area (Å²) in [5.41, 5.74) is 0. The number of nitrogens with zero attached hydrogens (tertiary/aromatic N) is 1. The molecule has 108 valence electrons. The molecule has 1 fully saturated rings. The number of ether oxygens (including phenoxy) is 1. The molecule has 0 spiro atoms. The second kappa shape index (κ2) is 9.76. The van der Waals surface area contributed by atoms with Crippen LogP contribution in [0.2, 0.25) is 0 Å². The number of hydrogen-bond donors (Lipinski definition) is 1. The van der Waals surface area contributed by atoms with Gasteiger partial charge >= 0.3 is 0 Å². The Morgan fingerprint density at radius 3 is 3.00 bits per heavy atom. The van der Waals surface area contributed by atoms with Gasteiger partial charge in [-0.3, -0.25) is 4.90 Å². The summed E-state index contributed by atoms with van der Waals surface area (Å²) in [7, 11) is 0. The van der Waals surface area contributed by atoms with Gasteiger partial charge in [0.1, 0.15) is 0 Å². The van der Waals surface area contributed by atoms with Crippen LogP contribution in [0, 0.1) is 0 Å². The summed E-state index contributed by atoms with van der Waals surface area (Å²) in [6, 6.07) is 0.664. The van der Waals surface area contributed by atoms with Crippen LogP contribution in [0.25, 0.3) is 0 Å². The first kappa shape index (κ1) is 15.9. The van der Waals surface area contributed by atoms with Crippen LogP contribution >= 0.6 is 0 Å². The fourth-order valence-electron chi connectivity index (χ4n) is 2.56. The Hall–Kier alpha value is -0.120. The fourth-order valence-corrected chi connectivity index (χ4v) is 2.56. The van der Waals surface area contributed by atoms with Crippen LogP contribution in [-0.2, 0) is 4.74 Å². The van der Waals surface area contributed by atoms with E-state index in [1.54, 1.807) is 0 Å². The maximum absolute atomic E-state index is 5.66. The second-order valence-electron chi connectivity index (χ2n) is 5.69. The van der Waals surface area contributed by atoms with Gasteiger partial charge in [0.05, 0.1) is 6.10 Å². The zero-order valence-corrected chi connectivity index (χ0v) is 12.6. The highest BCUT2D eigenvalue weighted by Crippen LogP contribution is 2.05. The molecule has 0 amide bonds. The molecule has 0 bridgehead atoms. The van der Waals surface area contributed by atoms with Crippen molar-refractivity contribution in [2.24, 2.45) is 0 Å². The molecule has 0 aromatic rings. The van der Waals surface area contributed by atoms with Gasteiger partial charge in [-0.1, -0.05) is 26.2 Å². The van der Waals surface area contributed by atoms with E-state index in [9.17, 15) is 0 Å². The van der Waals surface area contributed by atoms with E-state index in [0.717, 1.165) is 26.2 Å². The lowest BCUT2D eigenvalue weighted by Crippen LogP contribution is -2.38. The third-order valence-corrected chi connectivity index (χ3v) is 3.70. The molecule has 2 atom stereocenters. The highest BCUT2D eigenvalue weighted by atomic mass is 16.5. The maximum atomic E-state index is 5.66. The SMILES string of the molecule is CCCCCC(C)NCCN1CCCOC(C)C1. The number of unbranched alkanes of at least 4 members (excludes halogenated alkanes) is 2. The van der Waals surface area contributed by atoms with Gasteiger partial charge < -0.3 is 10.1 Å². The predicted molar refractivity (Wildman–Crippen MR) is 78.1 cm³/mol. The standard InChI is InChI=1S/C15H32N2O/c1-4-5-6-8-14(2)16-9-11-17-10-7-12-18-15(3)13-17/h14-16H,4-13H2,1-3H3. The van der Waals surface area contributed by atoms with Gasteiger partial charge in [-0.15, -0.1) is 0 Å². The normalized spacial score (nSPS) is 23.8. The third kappa shape index (κ3) is 7.34. The van der Waals surface area contributed by atoms with Crippen LogP contribution in [-0.4, -0.2) is 49.8 Å². The van der Waals surface area contributed by atoms with E-state index in [1.165, 1.54) is 38.6 Å². The minimum atomic E-state index is 0.398. The van der Waals surface area contributed by atoms with E-state index in [0.29, 0.717) is 12.1 Å². The summed E-state index contributed by atoms with van der Waals surface area (Å²) in [5, 5.41) is 3.64. The molecular formula is C15H32N2O. The first-order valence-corrected chi connectivity index (χ1v) is 7.79. The van der Waals surface area contributed by atoms with E-state index in [-0.39, 0.29) is 0 Å². The second-order valence-corrected chi connectivity index (χ2v) is 5.69. The first-order valence-electron chi connectivity index (χ1n) is 7.79. The summed E-state index contributed by atoms with van der Waals surface area (Å²) in [5.74, 6) is 0. The lowest BCUT2D eigenvalue weighted by atomic mass is 10.1. The molecule has 1 N–H and O–H groups in total. The molecule has 1 aliphatic heterocycles. The minimum Gasteiger partial charge on any atom is -0.377 e. The average Bonchev–Trinajstić information content (AvgIpc) is 2.54. The molecule has 1 aliphatic rings. The van der Waals surface area contributed by atoms with Crippen molar-refractivity contribution in [1.29, 1.82) is 0 Å². The van der Waals surface area contributed by atoms with Gasteiger partial charge in [-0.25, -0.2) is 0 Å². The average molecular weight is 256 g/mol. The summed E-state index contributed by atoms with van der Waals surface area (Å²) < 4.78 is 5.66. The van der Waals surface area contributed by atoms with E-state index >= 15 is 0 Å². The highest BCUT2D eigenvalue weighted by Gasteiger charge is 2.14. The number of hydrogen-bond acceptors (Lipinski definition) is 3. The van der Waals surface area contributed by atoms with Crippen LogP contribution in [0.4, 0.5) is 0 Å². The van der Waals surface area contributed by atoms with Crippen LogP contribution < -0.4 is 5.32 Å². The van der Waals surface area contributed by atoms with Gasteiger partial charge in [-0.2, -0.15) is 0 Å². The molecule has 0 aliphatic carbocycles. The molecule has 0 aromatic carbocycles. The van der Waals surface area contributed by atoms with Crippen LogP contribution in [0.3, 0.4) is 0 Å². The summed E-state index contributed by atoms with van der Waals surface area (Å²) in [6.45, 7) is 12.2. The quantitative estimate of drug-likeness (QED) is 0.676. The Morgan fingerprint density at radius 1 is 1.39 bits per heavy atom. The molecule has 3 heteroatoms. The molecule has 1 saturated heterocycles. The summed E-state index contributed by atoms with van der Waals surface area (Å²) in [6.07, 6.45) is 6.93. The highest BCUT2D eigenvalue weighted by molar-refractivity contribution is 4.69. The molecule has 0 aromatic heterocycles. The molecule has 2 unspecified atom stereocenters. The van der Waals surface area contributed by atoms with Crippen molar-refractivity contribution in [1.82, 2.24) is 10.2 Å². The van der Waals surface area contributed by atoms with Gasteiger partial charge in [0.15, 0.2) is 0 Å². The minimum absolute atomic E-state index is 0.398. The van der Waals surface area contributed by atoms with Crippen LogP contribution in [0.15, 0.2) is 0 Å². The molecule has 3 nitrogen and oxygen atoms in total. The molecule has 1 rings (SSSR count). The number of rotatable bonds is 8. The summed E-state index contributed by atoms with van der Waals surface area (Å²) in [4.78, 5) is 2.53. The van der Waals surface area contributed by atoms with Crippen molar-refractivity contribution in [3.63, 3.8) is 0 Å². The molecule has 1 heterocycles. The lowest BCUT2D eigenvalue weighted by molar-refractivity contribution is 0.0678. The molecule has 0 radical (unpaired) electrons. The van der Waals surface area contributed by atoms with Crippen molar-refractivity contribution in [3.8, 4) is 0 Å². The molecule has 18 heavy (non-hydrogen) atoms. The van der Waals surface area contributed by atoms with Crippen LogP contribution in [0.5, 0.6) is 0 Å². The maximum Gasteiger partial charge on any atom is 0.0673 e. The smallest absolute Gasteiger partial charge is 0.0673 e. The Kier molecular flexibility index (Phi) is 8.64. The van der Waals surface area contributed by atoms with Crippen molar-refractivity contribution in [3.05, 3.63) is 0 Å². The van der Waals surface area contributed by atoms with E-state index < -0.39 is 0 Å². The monoisotopic (exact) mass is 256 g/mol. The predicted octanol–water partition coefficient (Wildman–Crippen LogP) is 2.66. The van der Waals surface area contributed by atoms with Crippen LogP contribution in [0.1, 0.15) is 52.9 Å². The first-order chi connectivity index (χ1) is 8.72. The zero-order chi connectivity index (χ0) is 13.2. The molecular weight excluding hydrogens is 224 g/mol. The third-order valence-electron chi connectivity index (χ3n) is 3.70. The van der Waals surface area contributed by atoms with E-state index in [2.05, 4.69) is 31.0 Å².